The summed E-state index contributed by atoms with van der Waals surface area (Å²) in [5.41, 5.74) is 2.72. The van der Waals surface area contributed by atoms with Crippen LogP contribution in [0.25, 0.3) is 0 Å². The van der Waals surface area contributed by atoms with Crippen LogP contribution in [0.15, 0.2) is 24.3 Å². The molecule has 0 spiro atoms. The topological polar surface area (TPSA) is 44.8 Å². The molecule has 5 nitrogen and oxygen atoms in total. The summed E-state index contributed by atoms with van der Waals surface area (Å²) < 4.78 is 5.33. The Labute approximate surface area is 157 Å². The van der Waals surface area contributed by atoms with Crippen LogP contribution >= 0.6 is 12.4 Å². The molecule has 2 saturated heterocycles. The van der Waals surface area contributed by atoms with Crippen molar-refractivity contribution in [2.75, 3.05) is 52.5 Å². The number of aryl methyl sites for hydroxylation is 1. The van der Waals surface area contributed by atoms with E-state index in [0.717, 1.165) is 45.7 Å². The molecule has 2 heterocycles. The van der Waals surface area contributed by atoms with Crippen LogP contribution in [0.2, 0.25) is 0 Å². The van der Waals surface area contributed by atoms with Crippen LogP contribution in [0.3, 0.4) is 0 Å². The number of carbonyl (C=O) groups is 1. The molecule has 1 amide bonds. The highest BCUT2D eigenvalue weighted by molar-refractivity contribution is 5.85. The van der Waals surface area contributed by atoms with Gasteiger partial charge in [-0.3, -0.25) is 9.69 Å². The van der Waals surface area contributed by atoms with Crippen LogP contribution in [0.4, 0.5) is 0 Å². The molecule has 6 heteroatoms. The second-order valence-electron chi connectivity index (χ2n) is 6.59. The minimum atomic E-state index is 0. The molecule has 0 radical (unpaired) electrons. The Kier molecular flexibility index (Phi) is 8.16. The van der Waals surface area contributed by atoms with Crippen molar-refractivity contribution in [1.29, 1.82) is 0 Å². The zero-order chi connectivity index (χ0) is 16.8. The van der Waals surface area contributed by atoms with Crippen molar-refractivity contribution in [3.8, 4) is 0 Å². The van der Waals surface area contributed by atoms with Crippen LogP contribution in [0.5, 0.6) is 0 Å². The number of ether oxygens (including phenoxy) is 1. The van der Waals surface area contributed by atoms with Gasteiger partial charge in [-0.05, 0) is 17.5 Å². The van der Waals surface area contributed by atoms with Gasteiger partial charge in [0.1, 0.15) is 0 Å². The molecule has 2 fully saturated rings. The third-order valence-electron chi connectivity index (χ3n) is 5.10. The summed E-state index contributed by atoms with van der Waals surface area (Å²) in [6.07, 6.45) is 1.67. The van der Waals surface area contributed by atoms with Gasteiger partial charge in [-0.25, -0.2) is 0 Å². The molecular weight excluding hydrogens is 338 g/mol. The maximum atomic E-state index is 12.4. The smallest absolute Gasteiger partial charge is 0.224 e. The first-order chi connectivity index (χ1) is 11.8. The van der Waals surface area contributed by atoms with Crippen LogP contribution in [-0.4, -0.2) is 68.2 Å². The molecule has 140 valence electrons. The molecule has 1 N–H and O–H groups in total. The Hall–Kier alpha value is -1.14. The van der Waals surface area contributed by atoms with E-state index in [1.807, 2.05) is 4.90 Å². The van der Waals surface area contributed by atoms with Crippen LogP contribution in [0.1, 0.15) is 30.5 Å². The van der Waals surface area contributed by atoms with Gasteiger partial charge < -0.3 is 15.0 Å². The number of amides is 1. The Morgan fingerprint density at radius 1 is 1.20 bits per heavy atom. The average Bonchev–Trinajstić information content (AvgIpc) is 2.67. The van der Waals surface area contributed by atoms with E-state index in [2.05, 4.69) is 41.4 Å². The zero-order valence-corrected chi connectivity index (χ0v) is 15.9. The van der Waals surface area contributed by atoms with Crippen molar-refractivity contribution >= 4 is 18.3 Å². The molecule has 2 aliphatic rings. The lowest BCUT2D eigenvalue weighted by atomic mass is 10.0. The van der Waals surface area contributed by atoms with E-state index in [1.165, 1.54) is 11.1 Å². The summed E-state index contributed by atoms with van der Waals surface area (Å²) in [5, 5.41) is 3.49. The monoisotopic (exact) mass is 367 g/mol. The van der Waals surface area contributed by atoms with Crippen molar-refractivity contribution in [1.82, 2.24) is 15.1 Å². The van der Waals surface area contributed by atoms with E-state index < -0.39 is 0 Å². The fourth-order valence-electron chi connectivity index (χ4n) is 3.53. The molecule has 2 aliphatic heterocycles. The molecule has 1 aromatic rings. The fourth-order valence-corrected chi connectivity index (χ4v) is 3.53. The number of halogens is 1. The number of morpholine rings is 1. The quantitative estimate of drug-likeness (QED) is 0.862. The predicted molar refractivity (Wildman–Crippen MR) is 102 cm³/mol. The fraction of sp³-hybridized carbons (Fsp3) is 0.632. The first-order valence-corrected chi connectivity index (χ1v) is 9.17. The highest BCUT2D eigenvalue weighted by Gasteiger charge is 2.25. The van der Waals surface area contributed by atoms with Gasteiger partial charge in [0.05, 0.1) is 13.2 Å². The summed E-state index contributed by atoms with van der Waals surface area (Å²) in [4.78, 5) is 16.8. The highest BCUT2D eigenvalue weighted by Crippen LogP contribution is 2.23. The number of nitrogens with one attached hydrogen (secondary N) is 1. The summed E-state index contributed by atoms with van der Waals surface area (Å²) >= 11 is 0. The lowest BCUT2D eigenvalue weighted by Gasteiger charge is -2.37. The molecule has 0 saturated carbocycles. The summed E-state index contributed by atoms with van der Waals surface area (Å²) in [5.74, 6) is 0.261. The van der Waals surface area contributed by atoms with Gasteiger partial charge >= 0.3 is 0 Å². The van der Waals surface area contributed by atoms with Crippen molar-refractivity contribution in [3.63, 3.8) is 0 Å². The Morgan fingerprint density at radius 2 is 1.92 bits per heavy atom. The third-order valence-corrected chi connectivity index (χ3v) is 5.10. The molecular formula is C19H30ClN3O2. The second-order valence-corrected chi connectivity index (χ2v) is 6.59. The van der Waals surface area contributed by atoms with Gasteiger partial charge in [-0.15, -0.1) is 12.4 Å². The maximum absolute atomic E-state index is 12.4. The number of hydrogen-bond acceptors (Lipinski definition) is 4. The van der Waals surface area contributed by atoms with Gasteiger partial charge in [-0.2, -0.15) is 0 Å². The molecule has 0 aliphatic carbocycles. The van der Waals surface area contributed by atoms with Gasteiger partial charge in [0.2, 0.25) is 5.91 Å². The SMILES string of the molecule is CCc1ccc(C2CNCCN2CCC(=O)N2CCOCC2)cc1.Cl. The lowest BCUT2D eigenvalue weighted by Crippen LogP contribution is -2.48. The molecule has 1 aromatic carbocycles. The Bertz CT molecular complexity index is 532. The van der Waals surface area contributed by atoms with E-state index in [9.17, 15) is 4.79 Å². The molecule has 1 atom stereocenters. The standard InChI is InChI=1S/C19H29N3O2.ClH/c1-2-16-3-5-17(6-4-16)18-15-20-8-10-21(18)9-7-19(23)22-11-13-24-14-12-22;/h3-6,18,20H,2,7-15H2,1H3;1H. The van der Waals surface area contributed by atoms with E-state index in [4.69, 9.17) is 4.74 Å². The number of nitrogens with zero attached hydrogens (tertiary/aromatic N) is 2. The van der Waals surface area contributed by atoms with Gasteiger partial charge in [-0.1, -0.05) is 31.2 Å². The van der Waals surface area contributed by atoms with E-state index in [-0.39, 0.29) is 18.3 Å². The van der Waals surface area contributed by atoms with Crippen molar-refractivity contribution in [2.45, 2.75) is 25.8 Å². The Balaban J connectivity index is 0.00000225. The number of rotatable bonds is 5. The highest BCUT2D eigenvalue weighted by atomic mass is 35.5. The normalized spacial score (nSPS) is 21.6. The molecule has 0 aromatic heterocycles. The zero-order valence-electron chi connectivity index (χ0n) is 15.1. The van der Waals surface area contributed by atoms with E-state index in [0.29, 0.717) is 25.7 Å². The average molecular weight is 368 g/mol. The molecule has 3 rings (SSSR count). The third kappa shape index (κ3) is 5.42. The van der Waals surface area contributed by atoms with Crippen molar-refractivity contribution in [2.24, 2.45) is 0 Å². The van der Waals surface area contributed by atoms with Crippen molar-refractivity contribution in [3.05, 3.63) is 35.4 Å². The Morgan fingerprint density at radius 3 is 2.60 bits per heavy atom. The maximum Gasteiger partial charge on any atom is 0.224 e. The summed E-state index contributed by atoms with van der Waals surface area (Å²) in [7, 11) is 0. The second kappa shape index (κ2) is 10.1. The largest absolute Gasteiger partial charge is 0.378 e. The van der Waals surface area contributed by atoms with Crippen molar-refractivity contribution < 1.29 is 9.53 Å². The molecule has 1 unspecified atom stereocenters. The first-order valence-electron chi connectivity index (χ1n) is 9.17. The van der Waals surface area contributed by atoms with Crippen LogP contribution in [-0.2, 0) is 16.0 Å². The minimum absolute atomic E-state index is 0. The lowest BCUT2D eigenvalue weighted by molar-refractivity contribution is -0.135. The molecule has 0 bridgehead atoms. The number of benzene rings is 1. The van der Waals surface area contributed by atoms with E-state index >= 15 is 0 Å². The summed E-state index contributed by atoms with van der Waals surface area (Å²) in [6, 6.07) is 9.30. The number of piperazine rings is 1. The van der Waals surface area contributed by atoms with Gasteiger partial charge in [0.25, 0.3) is 0 Å². The molecule has 25 heavy (non-hydrogen) atoms. The van der Waals surface area contributed by atoms with E-state index in [1.54, 1.807) is 0 Å². The number of carbonyl (C=O) groups excluding carboxylic acids is 1. The number of hydrogen-bond donors (Lipinski definition) is 1. The van der Waals surface area contributed by atoms with Crippen LogP contribution in [0, 0.1) is 0 Å². The predicted octanol–water partition coefficient (Wildman–Crippen LogP) is 1.87. The minimum Gasteiger partial charge on any atom is -0.378 e. The first kappa shape index (κ1) is 20.2. The summed E-state index contributed by atoms with van der Waals surface area (Å²) in [6.45, 7) is 8.78. The van der Waals surface area contributed by atoms with Gasteiger partial charge in [0.15, 0.2) is 0 Å². The van der Waals surface area contributed by atoms with Crippen LogP contribution < -0.4 is 5.32 Å². The van der Waals surface area contributed by atoms with Gasteiger partial charge in [0, 0.05) is 51.7 Å².